The Morgan fingerprint density at radius 1 is 1.12 bits per heavy atom. The van der Waals surface area contributed by atoms with E-state index in [1.165, 1.54) is 0 Å². The molecule has 4 rings (SSSR count). The van der Waals surface area contributed by atoms with Crippen molar-refractivity contribution in [1.29, 1.82) is 0 Å². The number of carbonyl (C=O) groups is 1. The van der Waals surface area contributed by atoms with Gasteiger partial charge in [0.05, 0.1) is 22.6 Å². The maximum Gasteiger partial charge on any atom is 0.266 e. The summed E-state index contributed by atoms with van der Waals surface area (Å²) in [5, 5.41) is 1.11. The third-order valence-electron chi connectivity index (χ3n) is 6.92. The third-order valence-corrected chi connectivity index (χ3v) is 7.15. The Morgan fingerprint density at radius 3 is 2.59 bits per heavy atom. The fourth-order valence-corrected chi connectivity index (χ4v) is 5.32. The van der Waals surface area contributed by atoms with Crippen molar-refractivity contribution in [3.05, 3.63) is 69.7 Å². The van der Waals surface area contributed by atoms with Crippen LogP contribution < -0.4 is 5.56 Å². The van der Waals surface area contributed by atoms with Gasteiger partial charge in [0.25, 0.3) is 5.56 Å². The Morgan fingerprint density at radius 2 is 1.88 bits per heavy atom. The van der Waals surface area contributed by atoms with Crippen molar-refractivity contribution < 1.29 is 4.79 Å². The number of halogens is 1. The molecule has 0 bridgehead atoms. The van der Waals surface area contributed by atoms with Crippen molar-refractivity contribution in [2.24, 2.45) is 5.92 Å². The summed E-state index contributed by atoms with van der Waals surface area (Å²) in [5.41, 5.74) is 1.19. The molecule has 1 amide bonds. The number of unbranched alkanes of at least 4 members (excludes halogenated alkanes) is 2. The molecule has 1 aliphatic carbocycles. The van der Waals surface area contributed by atoms with Crippen LogP contribution in [0.15, 0.2) is 53.3 Å². The summed E-state index contributed by atoms with van der Waals surface area (Å²) >= 11 is 6.31. The lowest BCUT2D eigenvalue weighted by Gasteiger charge is -2.34. The minimum atomic E-state index is -0.291. The molecule has 1 saturated carbocycles. The van der Waals surface area contributed by atoms with E-state index in [9.17, 15) is 9.59 Å². The first-order valence-electron chi connectivity index (χ1n) is 12.6. The molecule has 0 spiro atoms. The molecule has 0 N–H and O–H groups in total. The van der Waals surface area contributed by atoms with Crippen molar-refractivity contribution in [3.8, 4) is 5.69 Å². The molecule has 0 saturated heterocycles. The quantitative estimate of drug-likeness (QED) is 0.321. The summed E-state index contributed by atoms with van der Waals surface area (Å²) in [6.07, 6.45) is 7.89. The zero-order valence-electron chi connectivity index (χ0n) is 20.2. The van der Waals surface area contributed by atoms with Gasteiger partial charge in [-0.25, -0.2) is 4.98 Å². The first-order valence-corrected chi connectivity index (χ1v) is 13.0. The molecular weight excluding hydrogens is 446 g/mol. The minimum Gasteiger partial charge on any atom is -0.332 e. The van der Waals surface area contributed by atoms with Crippen molar-refractivity contribution in [3.63, 3.8) is 0 Å². The van der Waals surface area contributed by atoms with E-state index in [4.69, 9.17) is 16.6 Å². The lowest BCUT2D eigenvalue weighted by atomic mass is 10.0. The first-order chi connectivity index (χ1) is 16.5. The number of benzene rings is 2. The number of hydrogen-bond acceptors (Lipinski definition) is 3. The highest BCUT2D eigenvalue weighted by molar-refractivity contribution is 6.30. The molecule has 5 nitrogen and oxygen atoms in total. The highest BCUT2D eigenvalue weighted by atomic mass is 35.5. The predicted octanol–water partition coefficient (Wildman–Crippen LogP) is 6.70. The average Bonchev–Trinajstić information content (AvgIpc) is 3.38. The van der Waals surface area contributed by atoms with Gasteiger partial charge in [0.1, 0.15) is 5.82 Å². The SMILES string of the molecule is CCCCCN(C(=O)C1CCCC1)C(CC)c1nc2ccccc2c(=O)n1-c1cccc(Cl)c1. The molecule has 1 unspecified atom stereocenters. The number of nitrogens with zero attached hydrogens (tertiary/aromatic N) is 3. The van der Waals surface area contributed by atoms with Crippen LogP contribution in [0.3, 0.4) is 0 Å². The highest BCUT2D eigenvalue weighted by Crippen LogP contribution is 2.33. The van der Waals surface area contributed by atoms with Gasteiger partial charge in [-0.2, -0.15) is 0 Å². The van der Waals surface area contributed by atoms with Crippen molar-refractivity contribution >= 4 is 28.4 Å². The van der Waals surface area contributed by atoms with Gasteiger partial charge in [-0.05, 0) is 56.0 Å². The fourth-order valence-electron chi connectivity index (χ4n) is 5.14. The van der Waals surface area contributed by atoms with Crippen LogP contribution in [0, 0.1) is 5.92 Å². The predicted molar refractivity (Wildman–Crippen MR) is 139 cm³/mol. The number of rotatable bonds is 9. The minimum absolute atomic E-state index is 0.0717. The van der Waals surface area contributed by atoms with Crippen molar-refractivity contribution in [1.82, 2.24) is 14.5 Å². The zero-order valence-corrected chi connectivity index (χ0v) is 20.9. The number of amides is 1. The van der Waals surface area contributed by atoms with Gasteiger partial charge < -0.3 is 4.90 Å². The molecule has 6 heteroatoms. The molecule has 1 aliphatic rings. The summed E-state index contributed by atoms with van der Waals surface area (Å²) in [4.78, 5) is 34.5. The molecule has 1 atom stereocenters. The molecule has 3 aromatic rings. The highest BCUT2D eigenvalue weighted by Gasteiger charge is 2.33. The molecule has 1 heterocycles. The summed E-state index contributed by atoms with van der Waals surface area (Å²) in [6.45, 7) is 4.92. The fraction of sp³-hybridized carbons (Fsp3) is 0.464. The van der Waals surface area contributed by atoms with Gasteiger partial charge in [-0.3, -0.25) is 14.2 Å². The second-order valence-electron chi connectivity index (χ2n) is 9.25. The summed E-state index contributed by atoms with van der Waals surface area (Å²) in [5.74, 6) is 0.888. The maximum atomic E-state index is 13.8. The van der Waals surface area contributed by atoms with Crippen LogP contribution in [0.2, 0.25) is 5.02 Å². The maximum absolute atomic E-state index is 13.8. The number of hydrogen-bond donors (Lipinski definition) is 0. The van der Waals surface area contributed by atoms with E-state index in [2.05, 4.69) is 13.8 Å². The second-order valence-corrected chi connectivity index (χ2v) is 9.69. The molecule has 0 radical (unpaired) electrons. The van der Waals surface area contributed by atoms with E-state index in [0.29, 0.717) is 40.4 Å². The van der Waals surface area contributed by atoms with E-state index < -0.39 is 0 Å². The Bertz CT molecular complexity index is 1200. The normalized spacial score (nSPS) is 15.0. The number of para-hydroxylation sites is 1. The standard InChI is InChI=1S/C28H34ClN3O2/c1-3-5-10-18-31(27(33)20-12-6-7-13-20)25(4-2)26-30-24-17-9-8-16-23(24)28(34)32(26)22-15-11-14-21(29)19-22/h8-9,11,14-17,19-20,25H,3-7,10,12-13,18H2,1-2H3. The molecule has 34 heavy (non-hydrogen) atoms. The summed E-state index contributed by atoms with van der Waals surface area (Å²) < 4.78 is 1.66. The van der Waals surface area contributed by atoms with Crippen LogP contribution in [0.4, 0.5) is 0 Å². The van der Waals surface area contributed by atoms with Gasteiger partial charge in [-0.15, -0.1) is 0 Å². The number of carbonyl (C=O) groups excluding carboxylic acids is 1. The number of fused-ring (bicyclic) bond motifs is 1. The van der Waals surface area contributed by atoms with E-state index in [0.717, 1.165) is 44.9 Å². The van der Waals surface area contributed by atoms with Gasteiger partial charge >= 0.3 is 0 Å². The van der Waals surface area contributed by atoms with Crippen LogP contribution in [0.25, 0.3) is 16.6 Å². The molecular formula is C28H34ClN3O2. The van der Waals surface area contributed by atoms with Gasteiger partial charge in [0.15, 0.2) is 0 Å². The molecule has 0 aliphatic heterocycles. The first kappa shape index (κ1) is 24.5. The average molecular weight is 480 g/mol. The van der Waals surface area contributed by atoms with Crippen molar-refractivity contribution in [2.75, 3.05) is 6.54 Å². The molecule has 1 fully saturated rings. The van der Waals surface area contributed by atoms with E-state index in [1.807, 2.05) is 35.2 Å². The van der Waals surface area contributed by atoms with Gasteiger partial charge in [0.2, 0.25) is 5.91 Å². The Balaban J connectivity index is 1.89. The zero-order chi connectivity index (χ0) is 24.1. The summed E-state index contributed by atoms with van der Waals surface area (Å²) in [6, 6.07) is 14.4. The Labute approximate surface area is 206 Å². The van der Waals surface area contributed by atoms with Crippen LogP contribution in [0.1, 0.15) is 77.1 Å². The number of aromatic nitrogens is 2. The van der Waals surface area contributed by atoms with Crippen LogP contribution in [-0.4, -0.2) is 26.9 Å². The van der Waals surface area contributed by atoms with Crippen LogP contribution >= 0.6 is 11.6 Å². The largest absolute Gasteiger partial charge is 0.332 e. The Kier molecular flexibility index (Phi) is 8.04. The van der Waals surface area contributed by atoms with E-state index in [-0.39, 0.29) is 23.4 Å². The molecule has 2 aromatic carbocycles. The second kappa shape index (κ2) is 11.2. The molecule has 180 valence electrons. The monoisotopic (exact) mass is 479 g/mol. The summed E-state index contributed by atoms with van der Waals surface area (Å²) in [7, 11) is 0. The molecule has 1 aromatic heterocycles. The lowest BCUT2D eigenvalue weighted by Crippen LogP contribution is -2.41. The van der Waals surface area contributed by atoms with Crippen molar-refractivity contribution in [2.45, 2.75) is 71.3 Å². The Hall–Kier alpha value is -2.66. The van der Waals surface area contributed by atoms with Crippen LogP contribution in [0.5, 0.6) is 0 Å². The van der Waals surface area contributed by atoms with E-state index >= 15 is 0 Å². The lowest BCUT2D eigenvalue weighted by molar-refractivity contribution is -0.138. The van der Waals surface area contributed by atoms with Gasteiger partial charge in [0, 0.05) is 17.5 Å². The topological polar surface area (TPSA) is 55.2 Å². The van der Waals surface area contributed by atoms with E-state index in [1.54, 1.807) is 22.8 Å². The van der Waals surface area contributed by atoms with Crippen LogP contribution in [-0.2, 0) is 4.79 Å². The smallest absolute Gasteiger partial charge is 0.266 e. The third kappa shape index (κ3) is 5.05. The van der Waals surface area contributed by atoms with Gasteiger partial charge in [-0.1, -0.05) is 69.3 Å².